The van der Waals surface area contributed by atoms with Gasteiger partial charge in [0.25, 0.3) is 11.8 Å². The molecule has 14 nitrogen and oxygen atoms in total. The minimum Gasteiger partial charge on any atom is -0.344 e. The number of nitrogens with zero attached hydrogens (tertiary/aromatic N) is 6. The molecule has 4 aromatic rings. The van der Waals surface area contributed by atoms with E-state index in [1.165, 1.54) is 57.5 Å². The first kappa shape index (κ1) is 46.1. The molecule has 16 heteroatoms. The summed E-state index contributed by atoms with van der Waals surface area (Å²) < 4.78 is 48.1. The van der Waals surface area contributed by atoms with Gasteiger partial charge in [0.05, 0.1) is 43.7 Å². The number of nitrogens with two attached hydrogens (primary N) is 2. The first-order chi connectivity index (χ1) is 31.2. The third-order valence-electron chi connectivity index (χ3n) is 12.8. The van der Waals surface area contributed by atoms with Crippen molar-refractivity contribution in [3.05, 3.63) is 155 Å². The number of para-hydroxylation sites is 2. The quantitative estimate of drug-likeness (QED) is 0.0998. The molecule has 4 aromatic carbocycles. The topological polar surface area (TPSA) is 192 Å². The Labute approximate surface area is 387 Å². The molecule has 4 aliphatic rings. The number of sulfonamides is 2. The first-order valence-electron chi connectivity index (χ1n) is 21.8. The van der Waals surface area contributed by atoms with Crippen molar-refractivity contribution in [2.45, 2.75) is 87.8 Å². The van der Waals surface area contributed by atoms with Crippen LogP contribution in [-0.4, -0.2) is 53.2 Å². The molecule has 0 spiro atoms. The van der Waals surface area contributed by atoms with Gasteiger partial charge in [-0.3, -0.25) is 9.59 Å². The zero-order valence-electron chi connectivity index (χ0n) is 37.9. The summed E-state index contributed by atoms with van der Waals surface area (Å²) >= 11 is 0. The zero-order chi connectivity index (χ0) is 47.3. The second-order valence-corrected chi connectivity index (χ2v) is 21.1. The van der Waals surface area contributed by atoms with E-state index in [0.717, 1.165) is 61.5 Å². The molecule has 0 unspecified atom stereocenters. The SMILES string of the molecule is CC1=NN(c2cccc(S(N)(=O)=O)c2)C(=O)/C1=C\C=C1\N(CCCCCCN2/C(=C/C=C3\C(=O)N(c4cccc(S(N)(=O)=O)c4)N=C3C)C(C)(C)c3ccccc32)c2ccccc2C1(C)C. The van der Waals surface area contributed by atoms with Crippen molar-refractivity contribution in [3.63, 3.8) is 0 Å². The van der Waals surface area contributed by atoms with Crippen molar-refractivity contribution in [2.24, 2.45) is 20.5 Å². The molecule has 0 radical (unpaired) electrons. The molecular weight excluding hydrogens is 873 g/mol. The number of rotatable bonds is 13. The van der Waals surface area contributed by atoms with Gasteiger partial charge in [-0.05, 0) is 111 Å². The Morgan fingerprint density at radius 2 is 0.909 bits per heavy atom. The van der Waals surface area contributed by atoms with Crippen LogP contribution >= 0.6 is 0 Å². The zero-order valence-corrected chi connectivity index (χ0v) is 39.5. The summed E-state index contributed by atoms with van der Waals surface area (Å²) in [5, 5.41) is 22.1. The van der Waals surface area contributed by atoms with Gasteiger partial charge in [-0.25, -0.2) is 27.1 Å². The highest BCUT2D eigenvalue weighted by Gasteiger charge is 2.41. The Balaban J connectivity index is 0.960. The fourth-order valence-corrected chi connectivity index (χ4v) is 10.4. The lowest BCUT2D eigenvalue weighted by Gasteiger charge is -2.28. The Morgan fingerprint density at radius 1 is 0.530 bits per heavy atom. The van der Waals surface area contributed by atoms with Gasteiger partial charge in [0.1, 0.15) is 0 Å². The molecule has 66 heavy (non-hydrogen) atoms. The fourth-order valence-electron chi connectivity index (χ4n) is 9.34. The number of primary sulfonamides is 2. The number of hydrogen-bond acceptors (Lipinski definition) is 10. The fraction of sp³-hybridized carbons (Fsp3) is 0.280. The van der Waals surface area contributed by atoms with Crippen LogP contribution < -0.4 is 30.1 Å². The number of hydrogen-bond donors (Lipinski definition) is 2. The molecule has 0 saturated heterocycles. The van der Waals surface area contributed by atoms with E-state index < -0.39 is 20.0 Å². The molecule has 0 bridgehead atoms. The van der Waals surface area contributed by atoms with Gasteiger partial charge < -0.3 is 9.80 Å². The molecule has 342 valence electrons. The van der Waals surface area contributed by atoms with Crippen molar-refractivity contribution >= 4 is 66.0 Å². The van der Waals surface area contributed by atoms with E-state index in [0.29, 0.717) is 33.9 Å². The summed E-state index contributed by atoms with van der Waals surface area (Å²) in [7, 11) is -7.94. The average molecular weight is 927 g/mol. The summed E-state index contributed by atoms with van der Waals surface area (Å²) in [6.45, 7) is 13.8. The highest BCUT2D eigenvalue weighted by atomic mass is 32.2. The highest BCUT2D eigenvalue weighted by Crippen LogP contribution is 2.49. The lowest BCUT2D eigenvalue weighted by Crippen LogP contribution is -2.28. The minimum absolute atomic E-state index is 0.102. The Bertz CT molecular complexity index is 2880. The van der Waals surface area contributed by atoms with Crippen LogP contribution in [-0.2, 0) is 40.5 Å². The van der Waals surface area contributed by atoms with Gasteiger partial charge in [0.2, 0.25) is 20.0 Å². The van der Waals surface area contributed by atoms with Crippen molar-refractivity contribution in [1.82, 2.24) is 0 Å². The number of carbonyl (C=O) groups excluding carboxylic acids is 2. The number of unbranched alkanes of at least 4 members (excludes halogenated alkanes) is 3. The molecule has 0 fully saturated rings. The molecular formula is C50H54N8O6S2. The predicted octanol–water partition coefficient (Wildman–Crippen LogP) is 7.90. The van der Waals surface area contributed by atoms with Crippen LogP contribution in [0.4, 0.5) is 22.7 Å². The van der Waals surface area contributed by atoms with E-state index in [9.17, 15) is 26.4 Å². The van der Waals surface area contributed by atoms with Crippen LogP contribution in [0.1, 0.15) is 78.4 Å². The van der Waals surface area contributed by atoms with Crippen molar-refractivity contribution in [3.8, 4) is 0 Å². The van der Waals surface area contributed by atoms with E-state index in [1.54, 1.807) is 26.0 Å². The maximum atomic E-state index is 13.7. The molecule has 0 aromatic heterocycles. The van der Waals surface area contributed by atoms with Gasteiger partial charge in [0.15, 0.2) is 0 Å². The summed E-state index contributed by atoms with van der Waals surface area (Å²) in [4.78, 5) is 32.0. The Kier molecular flexibility index (Phi) is 12.1. The number of amides is 2. The van der Waals surface area contributed by atoms with Crippen LogP contribution in [0.2, 0.25) is 0 Å². The average Bonchev–Trinajstić information content (AvgIpc) is 3.88. The van der Waals surface area contributed by atoms with Gasteiger partial charge in [-0.2, -0.15) is 20.2 Å². The van der Waals surface area contributed by atoms with Crippen LogP contribution in [0.15, 0.2) is 164 Å². The number of fused-ring (bicyclic) bond motifs is 2. The lowest BCUT2D eigenvalue weighted by atomic mass is 9.83. The Hall–Kier alpha value is -6.46. The third-order valence-corrected chi connectivity index (χ3v) is 14.7. The number of carbonyl (C=O) groups is 2. The lowest BCUT2D eigenvalue weighted by molar-refractivity contribution is -0.115. The van der Waals surface area contributed by atoms with E-state index in [4.69, 9.17) is 10.3 Å². The predicted molar refractivity (Wildman–Crippen MR) is 261 cm³/mol. The third kappa shape index (κ3) is 8.57. The summed E-state index contributed by atoms with van der Waals surface area (Å²) in [6, 6.07) is 28.6. The second-order valence-electron chi connectivity index (χ2n) is 18.0. The molecule has 0 saturated carbocycles. The second kappa shape index (κ2) is 17.4. The molecule has 4 aliphatic heterocycles. The standard InChI is InChI=1S/C50H54N8O6S2/c1-33-39(47(59)57(53-33)35-17-15-19-37(31-35)65(51,61)62)25-27-45-49(3,4)41-21-9-11-23-43(41)55(45)29-13-7-8-14-30-56-44-24-12-10-22-42(44)50(5,6)46(56)28-26-40-34(2)54-58(48(40)60)36-18-16-20-38(32-36)66(52,63)64/h9-12,15-28,31-32H,7-8,13-14,29-30H2,1-6H3,(H2,51,61,62)(H2,52,63,64)/b39-25-,40-26-,45-27+,46-28+. The number of hydrazone groups is 2. The molecule has 0 aliphatic carbocycles. The summed E-state index contributed by atoms with van der Waals surface area (Å²) in [6.07, 6.45) is 11.5. The van der Waals surface area contributed by atoms with E-state index in [1.807, 2.05) is 36.4 Å². The van der Waals surface area contributed by atoms with Crippen molar-refractivity contribution < 1.29 is 26.4 Å². The largest absolute Gasteiger partial charge is 0.344 e. The molecule has 4 N–H and O–H groups in total. The van der Waals surface area contributed by atoms with Gasteiger partial charge in [-0.15, -0.1) is 0 Å². The van der Waals surface area contributed by atoms with Gasteiger partial charge >= 0.3 is 0 Å². The molecule has 2 amide bonds. The molecule has 8 rings (SSSR count). The summed E-state index contributed by atoms with van der Waals surface area (Å²) in [5.41, 5.74) is 8.61. The minimum atomic E-state index is -3.97. The number of allylic oxidation sites excluding steroid dienone is 6. The Morgan fingerprint density at radius 3 is 1.29 bits per heavy atom. The molecule has 4 heterocycles. The van der Waals surface area contributed by atoms with Gasteiger partial charge in [-0.1, -0.05) is 89.1 Å². The van der Waals surface area contributed by atoms with E-state index in [2.05, 4.69) is 84.1 Å². The van der Waals surface area contributed by atoms with Crippen LogP contribution in [0.25, 0.3) is 0 Å². The monoisotopic (exact) mass is 926 g/mol. The smallest absolute Gasteiger partial charge is 0.280 e. The van der Waals surface area contributed by atoms with Crippen molar-refractivity contribution in [1.29, 1.82) is 0 Å². The highest BCUT2D eigenvalue weighted by molar-refractivity contribution is 7.89. The normalized spacial score (nSPS) is 20.3. The first-order valence-corrected chi connectivity index (χ1v) is 24.9. The van der Waals surface area contributed by atoms with E-state index >= 15 is 0 Å². The van der Waals surface area contributed by atoms with Crippen LogP contribution in [0.3, 0.4) is 0 Å². The van der Waals surface area contributed by atoms with Crippen LogP contribution in [0.5, 0.6) is 0 Å². The number of benzene rings is 4. The maximum Gasteiger partial charge on any atom is 0.280 e. The van der Waals surface area contributed by atoms with Crippen LogP contribution in [0, 0.1) is 0 Å². The van der Waals surface area contributed by atoms with E-state index in [-0.39, 0.29) is 32.4 Å². The van der Waals surface area contributed by atoms with Crippen molar-refractivity contribution in [2.75, 3.05) is 32.9 Å². The molecule has 0 atom stereocenters. The van der Waals surface area contributed by atoms with Gasteiger partial charge in [0, 0.05) is 46.7 Å². The summed E-state index contributed by atoms with van der Waals surface area (Å²) in [5.74, 6) is -0.717. The maximum absolute atomic E-state index is 13.7. The number of anilines is 4.